The van der Waals surface area contributed by atoms with Gasteiger partial charge in [-0.1, -0.05) is 0 Å². The highest BCUT2D eigenvalue weighted by atomic mass is 16.5. The fourth-order valence-corrected chi connectivity index (χ4v) is 4.76. The summed E-state index contributed by atoms with van der Waals surface area (Å²) in [5.41, 5.74) is 1.35. The SMILES string of the molecule is CNC1CC2(CC3CCC2C3)Oc2ccc(OC)cc21. The van der Waals surface area contributed by atoms with Crippen molar-refractivity contribution in [3.63, 3.8) is 0 Å². The van der Waals surface area contributed by atoms with E-state index in [0.29, 0.717) is 6.04 Å². The molecule has 3 nitrogen and oxygen atoms in total. The van der Waals surface area contributed by atoms with Crippen LogP contribution in [-0.2, 0) is 0 Å². The molecule has 0 aromatic heterocycles. The summed E-state index contributed by atoms with van der Waals surface area (Å²) in [5.74, 6) is 3.64. The highest BCUT2D eigenvalue weighted by Crippen LogP contribution is 2.58. The summed E-state index contributed by atoms with van der Waals surface area (Å²) >= 11 is 0. The third-order valence-corrected chi connectivity index (χ3v) is 5.72. The first-order chi connectivity index (χ1) is 9.74. The van der Waals surface area contributed by atoms with E-state index >= 15 is 0 Å². The van der Waals surface area contributed by atoms with Crippen LogP contribution in [0.1, 0.15) is 43.7 Å². The van der Waals surface area contributed by atoms with Gasteiger partial charge in [-0.15, -0.1) is 0 Å². The lowest BCUT2D eigenvalue weighted by Gasteiger charge is -2.45. The van der Waals surface area contributed by atoms with Crippen LogP contribution in [0.5, 0.6) is 11.5 Å². The molecule has 20 heavy (non-hydrogen) atoms. The average Bonchev–Trinajstić information content (AvgIpc) is 3.06. The zero-order valence-electron chi connectivity index (χ0n) is 12.3. The minimum atomic E-state index is 0.0954. The summed E-state index contributed by atoms with van der Waals surface area (Å²) in [6, 6.07) is 6.60. The van der Waals surface area contributed by atoms with Crippen molar-refractivity contribution >= 4 is 0 Å². The molecule has 0 saturated heterocycles. The standard InChI is InChI=1S/C17H23NO2/c1-18-15-10-17(9-11-3-4-12(17)7-11)20-16-6-5-13(19-2)8-14(15)16/h5-6,8,11-12,15,18H,3-4,7,9-10H2,1-2H3. The fraction of sp³-hybridized carbons (Fsp3) is 0.647. The maximum atomic E-state index is 6.55. The van der Waals surface area contributed by atoms with Crippen molar-refractivity contribution in [2.75, 3.05) is 14.2 Å². The van der Waals surface area contributed by atoms with E-state index in [4.69, 9.17) is 9.47 Å². The third kappa shape index (κ3) is 1.69. The van der Waals surface area contributed by atoms with Crippen LogP contribution in [0.15, 0.2) is 18.2 Å². The van der Waals surface area contributed by atoms with Gasteiger partial charge >= 0.3 is 0 Å². The van der Waals surface area contributed by atoms with Crippen LogP contribution in [0, 0.1) is 11.8 Å². The minimum absolute atomic E-state index is 0.0954. The Morgan fingerprint density at radius 3 is 2.85 bits per heavy atom. The van der Waals surface area contributed by atoms with Gasteiger partial charge in [0, 0.05) is 18.0 Å². The molecule has 1 aliphatic heterocycles. The Morgan fingerprint density at radius 2 is 2.20 bits per heavy atom. The topological polar surface area (TPSA) is 30.5 Å². The maximum absolute atomic E-state index is 6.55. The van der Waals surface area contributed by atoms with Crippen LogP contribution in [0.25, 0.3) is 0 Å². The smallest absolute Gasteiger partial charge is 0.125 e. The normalized spacial score (nSPS) is 37.8. The summed E-state index contributed by atoms with van der Waals surface area (Å²) in [6.07, 6.45) is 6.50. The van der Waals surface area contributed by atoms with Gasteiger partial charge in [0.2, 0.25) is 0 Å². The molecule has 3 aliphatic rings. The monoisotopic (exact) mass is 273 g/mol. The predicted molar refractivity (Wildman–Crippen MR) is 78.2 cm³/mol. The van der Waals surface area contributed by atoms with Gasteiger partial charge in [0.05, 0.1) is 7.11 Å². The molecule has 1 spiro atoms. The minimum Gasteiger partial charge on any atom is -0.497 e. The van der Waals surface area contributed by atoms with E-state index < -0.39 is 0 Å². The molecule has 0 radical (unpaired) electrons. The Hall–Kier alpha value is -1.22. The van der Waals surface area contributed by atoms with Crippen molar-refractivity contribution < 1.29 is 9.47 Å². The van der Waals surface area contributed by atoms with Gasteiger partial charge in [-0.25, -0.2) is 0 Å². The summed E-state index contributed by atoms with van der Waals surface area (Å²) < 4.78 is 11.9. The molecule has 2 fully saturated rings. The molecule has 4 unspecified atom stereocenters. The van der Waals surface area contributed by atoms with Crippen LogP contribution in [-0.4, -0.2) is 19.8 Å². The van der Waals surface area contributed by atoms with E-state index in [1.54, 1.807) is 7.11 Å². The highest BCUT2D eigenvalue weighted by Gasteiger charge is 2.55. The first-order valence-electron chi connectivity index (χ1n) is 7.78. The van der Waals surface area contributed by atoms with Gasteiger partial charge in [-0.2, -0.15) is 0 Å². The number of nitrogens with one attached hydrogen (secondary N) is 1. The lowest BCUT2D eigenvalue weighted by atomic mass is 9.76. The van der Waals surface area contributed by atoms with E-state index in [2.05, 4.69) is 24.5 Å². The lowest BCUT2D eigenvalue weighted by molar-refractivity contribution is -0.0176. The van der Waals surface area contributed by atoms with Crippen LogP contribution in [0.2, 0.25) is 0 Å². The summed E-state index contributed by atoms with van der Waals surface area (Å²) in [6.45, 7) is 0. The van der Waals surface area contributed by atoms with Crippen LogP contribution >= 0.6 is 0 Å². The number of hydrogen-bond acceptors (Lipinski definition) is 3. The molecule has 1 aromatic carbocycles. The predicted octanol–water partition coefficient (Wildman–Crippen LogP) is 3.30. The van der Waals surface area contributed by atoms with E-state index in [1.165, 1.54) is 31.2 Å². The first-order valence-corrected chi connectivity index (χ1v) is 7.78. The highest BCUT2D eigenvalue weighted by molar-refractivity contribution is 5.44. The second-order valence-electron chi connectivity index (χ2n) is 6.70. The van der Waals surface area contributed by atoms with Crippen molar-refractivity contribution in [2.45, 2.75) is 43.7 Å². The van der Waals surface area contributed by atoms with E-state index in [0.717, 1.165) is 29.8 Å². The van der Waals surface area contributed by atoms with Crippen LogP contribution in [0.4, 0.5) is 0 Å². The van der Waals surface area contributed by atoms with Gasteiger partial charge in [0.1, 0.15) is 17.1 Å². The second kappa shape index (κ2) is 4.39. The Labute approximate surface area is 120 Å². The van der Waals surface area contributed by atoms with Gasteiger partial charge in [-0.05, 0) is 62.8 Å². The van der Waals surface area contributed by atoms with Crippen molar-refractivity contribution in [1.29, 1.82) is 0 Å². The zero-order valence-corrected chi connectivity index (χ0v) is 12.3. The molecule has 2 aliphatic carbocycles. The fourth-order valence-electron chi connectivity index (χ4n) is 4.76. The molecule has 3 heteroatoms. The summed E-state index contributed by atoms with van der Waals surface area (Å²) in [4.78, 5) is 0. The maximum Gasteiger partial charge on any atom is 0.125 e. The Balaban J connectivity index is 1.72. The van der Waals surface area contributed by atoms with Gasteiger partial charge in [0.25, 0.3) is 0 Å². The van der Waals surface area contributed by atoms with Crippen LogP contribution in [0.3, 0.4) is 0 Å². The number of ether oxygens (including phenoxy) is 2. The largest absolute Gasteiger partial charge is 0.497 e. The Kier molecular flexibility index (Phi) is 2.75. The van der Waals surface area contributed by atoms with E-state index in [-0.39, 0.29) is 5.60 Å². The number of benzene rings is 1. The second-order valence-corrected chi connectivity index (χ2v) is 6.70. The van der Waals surface area contributed by atoms with Gasteiger partial charge in [-0.3, -0.25) is 0 Å². The average molecular weight is 273 g/mol. The van der Waals surface area contributed by atoms with E-state index in [1.807, 2.05) is 6.07 Å². The molecule has 2 bridgehead atoms. The summed E-state index contributed by atoms with van der Waals surface area (Å²) in [5, 5.41) is 3.49. The van der Waals surface area contributed by atoms with Crippen LogP contribution < -0.4 is 14.8 Å². The Morgan fingerprint density at radius 1 is 1.30 bits per heavy atom. The zero-order chi connectivity index (χ0) is 13.7. The quantitative estimate of drug-likeness (QED) is 0.897. The number of fused-ring (bicyclic) bond motifs is 4. The van der Waals surface area contributed by atoms with Crippen molar-refractivity contribution in [2.24, 2.45) is 11.8 Å². The molecule has 108 valence electrons. The molecular formula is C17H23NO2. The molecule has 1 heterocycles. The number of rotatable bonds is 2. The third-order valence-electron chi connectivity index (χ3n) is 5.72. The van der Waals surface area contributed by atoms with Gasteiger partial charge in [0.15, 0.2) is 0 Å². The molecule has 2 saturated carbocycles. The molecule has 1 N–H and O–H groups in total. The molecule has 4 rings (SSSR count). The van der Waals surface area contributed by atoms with Crippen molar-refractivity contribution in [3.05, 3.63) is 23.8 Å². The van der Waals surface area contributed by atoms with Crippen molar-refractivity contribution in [1.82, 2.24) is 5.32 Å². The number of hydrogen-bond donors (Lipinski definition) is 1. The molecule has 4 atom stereocenters. The number of methoxy groups -OCH3 is 1. The van der Waals surface area contributed by atoms with E-state index in [9.17, 15) is 0 Å². The lowest BCUT2D eigenvalue weighted by Crippen LogP contribution is -2.47. The molecule has 0 amide bonds. The first kappa shape index (κ1) is 12.5. The van der Waals surface area contributed by atoms with Crippen molar-refractivity contribution in [3.8, 4) is 11.5 Å². The molecular weight excluding hydrogens is 250 g/mol. The van der Waals surface area contributed by atoms with Gasteiger partial charge < -0.3 is 14.8 Å². The summed E-state index contributed by atoms with van der Waals surface area (Å²) in [7, 11) is 3.78. The Bertz CT molecular complexity index is 530. The molecule has 1 aromatic rings.